The summed E-state index contributed by atoms with van der Waals surface area (Å²) < 4.78 is 19.7. The average molecular weight is 430 g/mol. The molecule has 0 aromatic heterocycles. The van der Waals surface area contributed by atoms with Gasteiger partial charge in [-0.25, -0.2) is 24.1 Å². The van der Waals surface area contributed by atoms with E-state index in [1.165, 1.54) is 0 Å². The SMILES string of the molecule is COC(=O)[C@@H](NC(=O)OC(C)(C)C)[C@H]1C[C@@H](C(=O)OC)N(C(=O)OC(C)(C)C)C1=O. The van der Waals surface area contributed by atoms with Crippen LogP contribution >= 0.6 is 0 Å². The minimum Gasteiger partial charge on any atom is -0.467 e. The summed E-state index contributed by atoms with van der Waals surface area (Å²) in [5, 5.41) is 2.29. The normalized spacial score (nSPS) is 20.3. The first-order valence-electron chi connectivity index (χ1n) is 9.32. The second-order valence-corrected chi connectivity index (χ2v) is 8.72. The topological polar surface area (TPSA) is 138 Å². The Morgan fingerprint density at radius 2 is 1.50 bits per heavy atom. The summed E-state index contributed by atoms with van der Waals surface area (Å²) in [6, 6.07) is -2.81. The number of esters is 2. The first-order chi connectivity index (χ1) is 13.6. The van der Waals surface area contributed by atoms with Gasteiger partial charge >= 0.3 is 24.1 Å². The van der Waals surface area contributed by atoms with Crippen LogP contribution in [0.1, 0.15) is 48.0 Å². The number of hydrogen-bond acceptors (Lipinski definition) is 9. The van der Waals surface area contributed by atoms with Crippen LogP contribution in [0.15, 0.2) is 0 Å². The molecule has 1 fully saturated rings. The van der Waals surface area contributed by atoms with Gasteiger partial charge in [0, 0.05) is 0 Å². The molecule has 0 radical (unpaired) electrons. The molecule has 0 saturated carbocycles. The number of alkyl carbamates (subject to hydrolysis) is 1. The van der Waals surface area contributed by atoms with E-state index in [4.69, 9.17) is 14.2 Å². The molecule has 1 N–H and O–H groups in total. The molecular weight excluding hydrogens is 400 g/mol. The van der Waals surface area contributed by atoms with Crippen molar-refractivity contribution in [3.05, 3.63) is 0 Å². The number of rotatable bonds is 4. The molecule has 1 aliphatic heterocycles. The van der Waals surface area contributed by atoms with Crippen LogP contribution in [0, 0.1) is 5.92 Å². The lowest BCUT2D eigenvalue weighted by molar-refractivity contribution is -0.149. The molecule has 11 heteroatoms. The lowest BCUT2D eigenvalue weighted by atomic mass is 9.96. The summed E-state index contributed by atoms with van der Waals surface area (Å²) in [4.78, 5) is 62.9. The van der Waals surface area contributed by atoms with Crippen LogP contribution in [0.4, 0.5) is 9.59 Å². The van der Waals surface area contributed by atoms with Crippen molar-refractivity contribution in [1.82, 2.24) is 10.2 Å². The van der Waals surface area contributed by atoms with Gasteiger partial charge in [-0.3, -0.25) is 4.79 Å². The maximum Gasteiger partial charge on any atom is 0.417 e. The van der Waals surface area contributed by atoms with E-state index in [1.807, 2.05) is 0 Å². The van der Waals surface area contributed by atoms with Crippen molar-refractivity contribution in [2.45, 2.75) is 71.2 Å². The van der Waals surface area contributed by atoms with E-state index in [2.05, 4.69) is 10.1 Å². The van der Waals surface area contributed by atoms with Crippen LogP contribution in [0.3, 0.4) is 0 Å². The van der Waals surface area contributed by atoms with Gasteiger partial charge < -0.3 is 24.3 Å². The molecule has 1 aliphatic rings. The Kier molecular flexibility index (Phi) is 7.82. The van der Waals surface area contributed by atoms with E-state index in [1.54, 1.807) is 41.5 Å². The molecule has 3 atom stereocenters. The molecule has 170 valence electrons. The minimum absolute atomic E-state index is 0.277. The molecule has 1 saturated heterocycles. The smallest absolute Gasteiger partial charge is 0.417 e. The molecule has 0 unspecified atom stereocenters. The zero-order chi connectivity index (χ0) is 23.4. The van der Waals surface area contributed by atoms with E-state index in [0.29, 0.717) is 4.90 Å². The third-order valence-corrected chi connectivity index (χ3v) is 3.94. The van der Waals surface area contributed by atoms with Crippen molar-refractivity contribution in [3.8, 4) is 0 Å². The predicted molar refractivity (Wildman–Crippen MR) is 102 cm³/mol. The lowest BCUT2D eigenvalue weighted by Gasteiger charge is -2.26. The van der Waals surface area contributed by atoms with Crippen molar-refractivity contribution in [3.63, 3.8) is 0 Å². The molecule has 0 aliphatic carbocycles. The van der Waals surface area contributed by atoms with Gasteiger partial charge in [0.1, 0.15) is 23.3 Å². The van der Waals surface area contributed by atoms with Gasteiger partial charge in [-0.2, -0.15) is 0 Å². The number of carbonyl (C=O) groups excluding carboxylic acids is 5. The van der Waals surface area contributed by atoms with Crippen LogP contribution in [-0.4, -0.2) is 72.4 Å². The second kappa shape index (κ2) is 9.31. The summed E-state index contributed by atoms with van der Waals surface area (Å²) in [6.45, 7) is 9.65. The summed E-state index contributed by atoms with van der Waals surface area (Å²) in [7, 11) is 2.18. The maximum absolute atomic E-state index is 13.0. The van der Waals surface area contributed by atoms with Gasteiger partial charge in [-0.1, -0.05) is 0 Å². The number of amides is 3. The van der Waals surface area contributed by atoms with Gasteiger partial charge in [-0.05, 0) is 48.0 Å². The molecule has 30 heavy (non-hydrogen) atoms. The van der Waals surface area contributed by atoms with Crippen molar-refractivity contribution in [1.29, 1.82) is 0 Å². The molecular formula is C19H30N2O9. The summed E-state index contributed by atoms with van der Waals surface area (Å²) in [5.74, 6) is -3.96. The van der Waals surface area contributed by atoms with E-state index >= 15 is 0 Å². The molecule has 11 nitrogen and oxygen atoms in total. The molecule has 1 rings (SSSR count). The average Bonchev–Trinajstić information content (AvgIpc) is 2.92. The standard InChI is InChI=1S/C19H30N2O9/c1-18(2,3)29-16(25)20-12(15(24)28-8)10-9-11(14(23)27-7)21(13(10)22)17(26)30-19(4,5)6/h10-12H,9H2,1-8H3,(H,20,25)/t10-,11+,12+/m1/s1. The van der Waals surface area contributed by atoms with E-state index in [0.717, 1.165) is 14.2 Å². The summed E-state index contributed by atoms with van der Waals surface area (Å²) >= 11 is 0. The Bertz CT molecular complexity index is 706. The Morgan fingerprint density at radius 3 is 1.93 bits per heavy atom. The first-order valence-corrected chi connectivity index (χ1v) is 9.32. The molecule has 0 spiro atoms. The highest BCUT2D eigenvalue weighted by molar-refractivity contribution is 6.03. The van der Waals surface area contributed by atoms with Crippen LogP contribution in [-0.2, 0) is 33.3 Å². The third kappa shape index (κ3) is 6.60. The Labute approximate surface area is 175 Å². The zero-order valence-electron chi connectivity index (χ0n) is 18.6. The number of carbonyl (C=O) groups is 5. The third-order valence-electron chi connectivity index (χ3n) is 3.94. The summed E-state index contributed by atoms with van der Waals surface area (Å²) in [6.07, 6.45) is -2.30. The number of likely N-dealkylation sites (tertiary alicyclic amines) is 1. The first kappa shape index (κ1) is 25.2. The fourth-order valence-electron chi connectivity index (χ4n) is 2.81. The second-order valence-electron chi connectivity index (χ2n) is 8.72. The van der Waals surface area contributed by atoms with Gasteiger partial charge in [0.15, 0.2) is 0 Å². The van der Waals surface area contributed by atoms with Crippen LogP contribution in [0.25, 0.3) is 0 Å². The van der Waals surface area contributed by atoms with Crippen molar-refractivity contribution in [2.24, 2.45) is 5.92 Å². The Balaban J connectivity index is 3.23. The number of nitrogens with one attached hydrogen (secondary N) is 1. The minimum atomic E-state index is -1.49. The highest BCUT2D eigenvalue weighted by Gasteiger charge is 2.53. The van der Waals surface area contributed by atoms with Crippen LogP contribution < -0.4 is 5.32 Å². The fraction of sp³-hybridized carbons (Fsp3) is 0.737. The molecule has 1 heterocycles. The van der Waals surface area contributed by atoms with Gasteiger partial charge in [-0.15, -0.1) is 0 Å². The van der Waals surface area contributed by atoms with E-state index in [9.17, 15) is 24.0 Å². The fourth-order valence-corrected chi connectivity index (χ4v) is 2.81. The highest BCUT2D eigenvalue weighted by atomic mass is 16.6. The van der Waals surface area contributed by atoms with Crippen molar-refractivity contribution < 1.29 is 42.9 Å². The highest BCUT2D eigenvalue weighted by Crippen LogP contribution is 2.30. The van der Waals surface area contributed by atoms with Crippen molar-refractivity contribution >= 4 is 30.0 Å². The number of ether oxygens (including phenoxy) is 4. The Morgan fingerprint density at radius 1 is 0.967 bits per heavy atom. The molecule has 3 amide bonds. The lowest BCUT2D eigenvalue weighted by Crippen LogP contribution is -2.51. The quantitative estimate of drug-likeness (QED) is 0.518. The number of imide groups is 1. The van der Waals surface area contributed by atoms with Crippen LogP contribution in [0.5, 0.6) is 0 Å². The predicted octanol–water partition coefficient (Wildman–Crippen LogP) is 1.38. The van der Waals surface area contributed by atoms with E-state index < -0.39 is 59.2 Å². The number of hydrogen-bond donors (Lipinski definition) is 1. The largest absolute Gasteiger partial charge is 0.467 e. The summed E-state index contributed by atoms with van der Waals surface area (Å²) in [5.41, 5.74) is -1.80. The Hall–Kier alpha value is -2.85. The maximum atomic E-state index is 13.0. The van der Waals surface area contributed by atoms with Crippen molar-refractivity contribution in [2.75, 3.05) is 14.2 Å². The number of methoxy groups -OCH3 is 2. The monoisotopic (exact) mass is 430 g/mol. The van der Waals surface area contributed by atoms with Gasteiger partial charge in [0.25, 0.3) is 0 Å². The molecule has 0 aromatic rings. The van der Waals surface area contributed by atoms with Gasteiger partial charge in [0.2, 0.25) is 5.91 Å². The van der Waals surface area contributed by atoms with Gasteiger partial charge in [0.05, 0.1) is 20.1 Å². The zero-order valence-corrected chi connectivity index (χ0v) is 18.6. The molecule has 0 bridgehead atoms. The molecule has 0 aromatic carbocycles. The van der Waals surface area contributed by atoms with E-state index in [-0.39, 0.29) is 6.42 Å². The number of nitrogens with zero attached hydrogens (tertiary/aromatic N) is 1. The van der Waals surface area contributed by atoms with Crippen LogP contribution in [0.2, 0.25) is 0 Å².